The molecule has 0 saturated carbocycles. The van der Waals surface area contributed by atoms with Gasteiger partial charge in [0.25, 0.3) is 0 Å². The zero-order chi connectivity index (χ0) is 54.9. The number of hydrogen-bond acceptors (Lipinski definition) is 9. The fraction of sp³-hybridized carbons (Fsp3) is 0.373. The minimum absolute atomic E-state index is 0.00442. The molecule has 76 heavy (non-hydrogen) atoms. The maximum Gasteiger partial charge on any atom is 0.346 e. The maximum absolute atomic E-state index is 13.2. The number of esters is 2. The van der Waals surface area contributed by atoms with Crippen LogP contribution in [0.25, 0.3) is 6.08 Å². The van der Waals surface area contributed by atoms with Gasteiger partial charge < -0.3 is 29.6 Å². The molecule has 6 aromatic carbocycles. The highest BCUT2D eigenvalue weighted by molar-refractivity contribution is 7.98. The minimum atomic E-state index is -1.05. The fourth-order valence-electron chi connectivity index (χ4n) is 10.8. The first-order chi connectivity index (χ1) is 35.8. The van der Waals surface area contributed by atoms with Crippen LogP contribution in [0.3, 0.4) is 0 Å². The SMILES string of the molecule is CN(C)c1ccc(CSc2cc(C(O)C=Cc3ccc(C(=O)OC(=O)c4ccc(C#CC(O)c5cc(N(C)Cc6ccc(N(C)C)cc6)c6c(c5)C(C)(C)CCC6(C)C)cc4)cc3)cc3c2C(C)(C)CCC3(C)C)cc1. The number of ether oxygens (including phenoxy) is 1. The van der Waals surface area contributed by atoms with E-state index < -0.39 is 24.1 Å². The van der Waals surface area contributed by atoms with E-state index in [4.69, 9.17) is 4.74 Å². The van der Waals surface area contributed by atoms with Crippen molar-refractivity contribution in [2.75, 3.05) is 49.9 Å². The second-order valence-electron chi connectivity index (χ2n) is 24.1. The van der Waals surface area contributed by atoms with Crippen LogP contribution in [-0.4, -0.2) is 57.4 Å². The summed E-state index contributed by atoms with van der Waals surface area (Å²) in [6.07, 6.45) is 5.98. The Kier molecular flexibility index (Phi) is 16.2. The van der Waals surface area contributed by atoms with Crippen LogP contribution in [0.1, 0.15) is 170 Å². The smallest absolute Gasteiger partial charge is 0.346 e. The topological polar surface area (TPSA) is 93.5 Å². The zero-order valence-electron chi connectivity index (χ0n) is 47.0. The number of fused-ring (bicyclic) bond motifs is 2. The molecule has 6 aromatic rings. The van der Waals surface area contributed by atoms with Gasteiger partial charge in [0.1, 0.15) is 6.10 Å². The molecule has 0 spiro atoms. The predicted molar refractivity (Wildman–Crippen MR) is 315 cm³/mol. The van der Waals surface area contributed by atoms with E-state index in [0.29, 0.717) is 12.1 Å². The van der Waals surface area contributed by atoms with E-state index in [2.05, 4.69) is 162 Å². The van der Waals surface area contributed by atoms with Crippen molar-refractivity contribution in [1.82, 2.24) is 0 Å². The summed E-state index contributed by atoms with van der Waals surface area (Å²) in [6.45, 7) is 19.2. The van der Waals surface area contributed by atoms with Crippen molar-refractivity contribution >= 4 is 46.8 Å². The molecule has 0 saturated heterocycles. The van der Waals surface area contributed by atoms with Crippen LogP contribution < -0.4 is 14.7 Å². The van der Waals surface area contributed by atoms with E-state index >= 15 is 0 Å². The molecule has 0 bridgehead atoms. The van der Waals surface area contributed by atoms with Crippen LogP contribution in [0.5, 0.6) is 0 Å². The normalized spacial score (nSPS) is 16.6. The number of rotatable bonds is 14. The Morgan fingerprint density at radius 1 is 0.605 bits per heavy atom. The van der Waals surface area contributed by atoms with Crippen molar-refractivity contribution in [2.45, 2.75) is 132 Å². The lowest BCUT2D eigenvalue weighted by Gasteiger charge is -2.44. The molecule has 2 N–H and O–H groups in total. The van der Waals surface area contributed by atoms with Crippen molar-refractivity contribution in [3.8, 4) is 11.8 Å². The number of aliphatic hydroxyl groups is 2. The highest BCUT2D eigenvalue weighted by Gasteiger charge is 2.41. The van der Waals surface area contributed by atoms with E-state index in [0.717, 1.165) is 59.5 Å². The van der Waals surface area contributed by atoms with Crippen molar-refractivity contribution in [2.24, 2.45) is 0 Å². The predicted octanol–water partition coefficient (Wildman–Crippen LogP) is 14.3. The Morgan fingerprint density at radius 3 is 1.64 bits per heavy atom. The molecule has 2 unspecified atom stereocenters. The second-order valence-corrected chi connectivity index (χ2v) is 25.1. The van der Waals surface area contributed by atoms with Gasteiger partial charge in [0.2, 0.25) is 0 Å². The third-order valence-electron chi connectivity index (χ3n) is 15.9. The van der Waals surface area contributed by atoms with Gasteiger partial charge in [-0.15, -0.1) is 11.8 Å². The maximum atomic E-state index is 13.2. The van der Waals surface area contributed by atoms with E-state index in [1.54, 1.807) is 54.6 Å². The molecule has 0 amide bonds. The third kappa shape index (κ3) is 12.5. The molecule has 8 nitrogen and oxygen atoms in total. The number of benzene rings is 6. The average molecular weight is 1040 g/mol. The molecule has 8 rings (SSSR count). The molecular weight excluding hydrogens is 959 g/mol. The van der Waals surface area contributed by atoms with E-state index in [-0.39, 0.29) is 32.8 Å². The summed E-state index contributed by atoms with van der Waals surface area (Å²) in [5.41, 5.74) is 14.3. The lowest BCUT2D eigenvalue weighted by Crippen LogP contribution is -2.36. The third-order valence-corrected chi connectivity index (χ3v) is 17.0. The molecular formula is C67H77N3O5S. The molecule has 0 fully saturated rings. The van der Waals surface area contributed by atoms with Crippen molar-refractivity contribution in [1.29, 1.82) is 0 Å². The molecule has 9 heteroatoms. The van der Waals surface area contributed by atoms with Crippen LogP contribution in [-0.2, 0) is 38.7 Å². The summed E-state index contributed by atoms with van der Waals surface area (Å²) < 4.78 is 5.30. The first-order valence-corrected chi connectivity index (χ1v) is 27.6. The van der Waals surface area contributed by atoms with E-state index in [9.17, 15) is 19.8 Å². The molecule has 0 heterocycles. The van der Waals surface area contributed by atoms with Gasteiger partial charge in [0, 0.05) is 75.1 Å². The quantitative estimate of drug-likeness (QED) is 0.0479. The second kappa shape index (κ2) is 22.2. The number of anilines is 3. The molecule has 2 aliphatic rings. The van der Waals surface area contributed by atoms with Crippen molar-refractivity contribution in [3.05, 3.63) is 194 Å². The monoisotopic (exact) mass is 1040 g/mol. The van der Waals surface area contributed by atoms with Gasteiger partial charge in [-0.2, -0.15) is 0 Å². The number of aliphatic hydroxyl groups excluding tert-OH is 2. The number of thioether (sulfide) groups is 1. The number of hydrogen-bond donors (Lipinski definition) is 2. The Hall–Kier alpha value is -6.57. The van der Waals surface area contributed by atoms with Gasteiger partial charge >= 0.3 is 11.9 Å². The molecule has 2 atom stereocenters. The molecule has 0 aliphatic heterocycles. The standard InChI is InChI=1S/C67H77N3O5S/c1-64(2)34-36-66(5,6)60-54(64)38-50(40-56(60)70(13)42-46-18-28-52(29-19-46)68(9)10)57(71)32-22-44-14-24-48(25-15-44)62(73)75-63(74)49-26-16-45(17-27-49)23-33-58(72)51-39-55-61(67(7,8)37-35-65(55,3)4)59(41-51)76-43-47-20-30-53(31-21-47)69(11)12/h14-21,23-31,33,38-41,57-58,71-72H,34-37,42-43H2,1-13H3. The van der Waals surface area contributed by atoms with E-state index in [1.807, 2.05) is 46.0 Å². The Morgan fingerprint density at radius 2 is 1.09 bits per heavy atom. The lowest BCUT2D eigenvalue weighted by atomic mass is 9.62. The molecule has 2 aliphatic carbocycles. The van der Waals surface area contributed by atoms with Gasteiger partial charge in [0.15, 0.2) is 0 Å². The van der Waals surface area contributed by atoms with Crippen LogP contribution >= 0.6 is 11.8 Å². The number of carbonyl (C=O) groups is 2. The lowest BCUT2D eigenvalue weighted by molar-refractivity contribution is 0.0397. The van der Waals surface area contributed by atoms with Gasteiger partial charge in [-0.25, -0.2) is 9.59 Å². The summed E-state index contributed by atoms with van der Waals surface area (Å²) >= 11 is 1.83. The number of nitrogens with zero attached hydrogens (tertiary/aromatic N) is 3. The zero-order valence-corrected chi connectivity index (χ0v) is 47.8. The molecule has 0 aromatic heterocycles. The van der Waals surface area contributed by atoms with Gasteiger partial charge in [-0.05, 0) is 170 Å². The van der Waals surface area contributed by atoms with Crippen LogP contribution in [0.15, 0.2) is 132 Å². The molecule has 396 valence electrons. The summed E-state index contributed by atoms with van der Waals surface area (Å²) in [5, 5.41) is 23.3. The van der Waals surface area contributed by atoms with E-state index in [1.165, 1.54) is 44.0 Å². The van der Waals surface area contributed by atoms with Crippen molar-refractivity contribution < 1.29 is 24.5 Å². The Balaban J connectivity index is 0.918. The van der Waals surface area contributed by atoms with Crippen molar-refractivity contribution in [3.63, 3.8) is 0 Å². The van der Waals surface area contributed by atoms with Crippen LogP contribution in [0.2, 0.25) is 0 Å². The van der Waals surface area contributed by atoms with Gasteiger partial charge in [-0.1, -0.05) is 128 Å². The summed E-state index contributed by atoms with van der Waals surface area (Å²) in [5.74, 6) is 5.43. The van der Waals surface area contributed by atoms with Gasteiger partial charge in [-0.3, -0.25) is 0 Å². The average Bonchev–Trinajstić information content (AvgIpc) is 3.44. The number of carbonyl (C=O) groups excluding carboxylic acids is 2. The Labute approximate surface area is 457 Å². The summed E-state index contributed by atoms with van der Waals surface area (Å²) in [6, 6.07) is 39.2. The largest absolute Gasteiger partial charge is 0.386 e. The first kappa shape index (κ1) is 55.7. The molecule has 0 radical (unpaired) electrons. The summed E-state index contributed by atoms with van der Waals surface area (Å²) in [7, 11) is 10.3. The highest BCUT2D eigenvalue weighted by atomic mass is 32.2. The first-order valence-electron chi connectivity index (χ1n) is 26.6. The van der Waals surface area contributed by atoms with Gasteiger partial charge in [0.05, 0.1) is 17.2 Å². The van der Waals surface area contributed by atoms with Crippen LogP contribution in [0, 0.1) is 11.8 Å². The minimum Gasteiger partial charge on any atom is -0.386 e. The highest BCUT2D eigenvalue weighted by Crippen LogP contribution is 2.52. The Bertz CT molecular complexity index is 3170. The summed E-state index contributed by atoms with van der Waals surface area (Å²) in [4.78, 5) is 34.1. The fourth-order valence-corrected chi connectivity index (χ4v) is 12.0. The van der Waals surface area contributed by atoms with Crippen LogP contribution in [0.4, 0.5) is 17.1 Å².